The number of rotatable bonds is 7. The summed E-state index contributed by atoms with van der Waals surface area (Å²) in [5, 5.41) is 6.10. The Morgan fingerprint density at radius 1 is 1.00 bits per heavy atom. The SMILES string of the molecule is COc1ccc(CNc2ccc(NC(=O)c3cccc(C)c3)cn2)cc1OC. The maximum Gasteiger partial charge on any atom is 0.255 e. The monoisotopic (exact) mass is 377 g/mol. The number of aryl methyl sites for hydroxylation is 1. The van der Waals surface area contributed by atoms with Crippen molar-refractivity contribution in [2.24, 2.45) is 0 Å². The number of anilines is 2. The number of aromatic nitrogens is 1. The summed E-state index contributed by atoms with van der Waals surface area (Å²) in [6.45, 7) is 2.54. The molecule has 0 unspecified atom stereocenters. The van der Waals surface area contributed by atoms with E-state index in [4.69, 9.17) is 9.47 Å². The van der Waals surface area contributed by atoms with Crippen LogP contribution in [0.4, 0.5) is 11.5 Å². The molecular formula is C22H23N3O3. The first kappa shape index (κ1) is 19.2. The maximum atomic E-state index is 12.3. The molecule has 3 rings (SSSR count). The van der Waals surface area contributed by atoms with Crippen molar-refractivity contribution in [2.45, 2.75) is 13.5 Å². The fourth-order valence-corrected chi connectivity index (χ4v) is 2.75. The van der Waals surface area contributed by atoms with Crippen molar-refractivity contribution >= 4 is 17.4 Å². The van der Waals surface area contributed by atoms with Gasteiger partial charge in [-0.3, -0.25) is 4.79 Å². The fraction of sp³-hybridized carbons (Fsp3) is 0.182. The number of nitrogens with zero attached hydrogens (tertiary/aromatic N) is 1. The molecule has 0 fully saturated rings. The summed E-state index contributed by atoms with van der Waals surface area (Å²) in [5.74, 6) is 1.93. The van der Waals surface area contributed by atoms with Crippen molar-refractivity contribution in [1.29, 1.82) is 0 Å². The van der Waals surface area contributed by atoms with Crippen molar-refractivity contribution < 1.29 is 14.3 Å². The smallest absolute Gasteiger partial charge is 0.255 e. The van der Waals surface area contributed by atoms with Gasteiger partial charge >= 0.3 is 0 Å². The third kappa shape index (κ3) is 4.79. The van der Waals surface area contributed by atoms with Crippen LogP contribution >= 0.6 is 0 Å². The van der Waals surface area contributed by atoms with Crippen molar-refractivity contribution in [3.05, 3.63) is 77.5 Å². The Labute approximate surface area is 164 Å². The lowest BCUT2D eigenvalue weighted by Crippen LogP contribution is -2.12. The van der Waals surface area contributed by atoms with E-state index in [1.165, 1.54) is 0 Å². The summed E-state index contributed by atoms with van der Waals surface area (Å²) in [7, 11) is 3.22. The third-order valence-electron chi connectivity index (χ3n) is 4.22. The molecule has 0 spiro atoms. The van der Waals surface area contributed by atoms with E-state index in [1.807, 2.05) is 55.5 Å². The standard InChI is InChI=1S/C22H23N3O3/c1-15-5-4-6-17(11-15)22(26)25-18-8-10-21(24-14-18)23-13-16-7-9-19(27-2)20(12-16)28-3/h4-12,14H,13H2,1-3H3,(H,23,24)(H,25,26). The molecule has 0 saturated heterocycles. The van der Waals surface area contributed by atoms with Crippen LogP contribution in [0.25, 0.3) is 0 Å². The second-order valence-electron chi connectivity index (χ2n) is 6.30. The predicted molar refractivity (Wildman–Crippen MR) is 110 cm³/mol. The average Bonchev–Trinajstić information content (AvgIpc) is 2.73. The van der Waals surface area contributed by atoms with Gasteiger partial charge in [-0.25, -0.2) is 4.98 Å². The molecule has 0 aliphatic carbocycles. The van der Waals surface area contributed by atoms with Crippen LogP contribution in [0.3, 0.4) is 0 Å². The van der Waals surface area contributed by atoms with Crippen molar-refractivity contribution in [2.75, 3.05) is 24.9 Å². The molecular weight excluding hydrogens is 354 g/mol. The van der Waals surface area contributed by atoms with Gasteiger partial charge in [-0.15, -0.1) is 0 Å². The Morgan fingerprint density at radius 3 is 2.50 bits per heavy atom. The van der Waals surface area contributed by atoms with E-state index in [9.17, 15) is 4.79 Å². The summed E-state index contributed by atoms with van der Waals surface area (Å²) >= 11 is 0. The van der Waals surface area contributed by atoms with E-state index < -0.39 is 0 Å². The average molecular weight is 377 g/mol. The number of pyridine rings is 1. The minimum absolute atomic E-state index is 0.156. The highest BCUT2D eigenvalue weighted by molar-refractivity contribution is 6.04. The second-order valence-corrected chi connectivity index (χ2v) is 6.30. The zero-order valence-electron chi connectivity index (χ0n) is 16.2. The summed E-state index contributed by atoms with van der Waals surface area (Å²) in [4.78, 5) is 16.7. The number of carbonyl (C=O) groups excluding carboxylic acids is 1. The summed E-state index contributed by atoms with van der Waals surface area (Å²) in [6, 6.07) is 16.8. The molecule has 0 aliphatic rings. The van der Waals surface area contributed by atoms with Gasteiger partial charge in [-0.05, 0) is 48.9 Å². The van der Waals surface area contributed by atoms with Crippen LogP contribution in [-0.2, 0) is 6.54 Å². The molecule has 0 aliphatic heterocycles. The molecule has 2 N–H and O–H groups in total. The number of nitrogens with one attached hydrogen (secondary N) is 2. The summed E-state index contributed by atoms with van der Waals surface area (Å²) in [5.41, 5.74) is 3.34. The molecule has 144 valence electrons. The number of benzene rings is 2. The van der Waals surface area contributed by atoms with Gasteiger partial charge in [-0.2, -0.15) is 0 Å². The largest absolute Gasteiger partial charge is 0.493 e. The first-order valence-electron chi connectivity index (χ1n) is 8.88. The van der Waals surface area contributed by atoms with E-state index in [0.717, 1.165) is 11.1 Å². The number of carbonyl (C=O) groups is 1. The van der Waals surface area contributed by atoms with Gasteiger partial charge in [-0.1, -0.05) is 23.8 Å². The lowest BCUT2D eigenvalue weighted by Gasteiger charge is -2.11. The Hall–Kier alpha value is -3.54. The fourth-order valence-electron chi connectivity index (χ4n) is 2.75. The van der Waals surface area contributed by atoms with Crippen LogP contribution < -0.4 is 20.1 Å². The normalized spacial score (nSPS) is 10.2. The Bertz CT molecular complexity index is 955. The van der Waals surface area contributed by atoms with Crippen molar-refractivity contribution in [1.82, 2.24) is 4.98 Å². The van der Waals surface area contributed by atoms with E-state index in [1.54, 1.807) is 26.5 Å². The minimum atomic E-state index is -0.156. The van der Waals surface area contributed by atoms with Crippen LogP contribution in [-0.4, -0.2) is 25.1 Å². The summed E-state index contributed by atoms with van der Waals surface area (Å²) in [6.07, 6.45) is 1.63. The number of hydrogen-bond acceptors (Lipinski definition) is 5. The van der Waals surface area contributed by atoms with Crippen molar-refractivity contribution in [3.63, 3.8) is 0 Å². The predicted octanol–water partition coefficient (Wildman–Crippen LogP) is 4.27. The number of amides is 1. The highest BCUT2D eigenvalue weighted by Crippen LogP contribution is 2.27. The van der Waals surface area contributed by atoms with E-state index >= 15 is 0 Å². The van der Waals surface area contributed by atoms with Gasteiger partial charge in [0.2, 0.25) is 0 Å². The van der Waals surface area contributed by atoms with Crippen LogP contribution in [0.1, 0.15) is 21.5 Å². The molecule has 3 aromatic rings. The van der Waals surface area contributed by atoms with Gasteiger partial charge in [0.05, 0.1) is 26.1 Å². The highest BCUT2D eigenvalue weighted by Gasteiger charge is 2.07. The molecule has 1 aromatic heterocycles. The van der Waals surface area contributed by atoms with Gasteiger partial charge in [0.15, 0.2) is 11.5 Å². The third-order valence-corrected chi connectivity index (χ3v) is 4.22. The van der Waals surface area contributed by atoms with E-state index in [0.29, 0.717) is 35.1 Å². The minimum Gasteiger partial charge on any atom is -0.493 e. The topological polar surface area (TPSA) is 72.5 Å². The molecule has 1 heterocycles. The van der Waals surface area contributed by atoms with Crippen molar-refractivity contribution in [3.8, 4) is 11.5 Å². The van der Waals surface area contributed by atoms with Crippen LogP contribution in [0.2, 0.25) is 0 Å². The van der Waals surface area contributed by atoms with Crippen LogP contribution in [0, 0.1) is 6.92 Å². The first-order valence-corrected chi connectivity index (χ1v) is 8.88. The lowest BCUT2D eigenvalue weighted by atomic mass is 10.1. The van der Waals surface area contributed by atoms with Gasteiger partial charge in [0, 0.05) is 12.1 Å². The zero-order chi connectivity index (χ0) is 19.9. The molecule has 2 aromatic carbocycles. The molecule has 0 atom stereocenters. The number of methoxy groups -OCH3 is 2. The number of ether oxygens (including phenoxy) is 2. The van der Waals surface area contributed by atoms with E-state index in [2.05, 4.69) is 15.6 Å². The van der Waals surface area contributed by atoms with Crippen LogP contribution in [0.15, 0.2) is 60.8 Å². The lowest BCUT2D eigenvalue weighted by molar-refractivity contribution is 0.102. The Morgan fingerprint density at radius 2 is 1.82 bits per heavy atom. The zero-order valence-corrected chi connectivity index (χ0v) is 16.2. The molecule has 0 radical (unpaired) electrons. The quantitative estimate of drug-likeness (QED) is 0.643. The molecule has 28 heavy (non-hydrogen) atoms. The molecule has 6 heteroatoms. The molecule has 0 saturated carbocycles. The summed E-state index contributed by atoms with van der Waals surface area (Å²) < 4.78 is 10.6. The van der Waals surface area contributed by atoms with E-state index in [-0.39, 0.29) is 5.91 Å². The maximum absolute atomic E-state index is 12.3. The van der Waals surface area contributed by atoms with Gasteiger partial charge in [0.25, 0.3) is 5.91 Å². The number of hydrogen-bond donors (Lipinski definition) is 2. The Kier molecular flexibility index (Phi) is 6.11. The Balaban J connectivity index is 1.59. The molecule has 1 amide bonds. The first-order chi connectivity index (χ1) is 13.6. The highest BCUT2D eigenvalue weighted by atomic mass is 16.5. The van der Waals surface area contributed by atoms with Gasteiger partial charge < -0.3 is 20.1 Å². The molecule has 6 nitrogen and oxygen atoms in total. The second kappa shape index (κ2) is 8.90. The molecule has 0 bridgehead atoms. The van der Waals surface area contributed by atoms with Gasteiger partial charge in [0.1, 0.15) is 5.82 Å². The van der Waals surface area contributed by atoms with Crippen LogP contribution in [0.5, 0.6) is 11.5 Å².